The summed E-state index contributed by atoms with van der Waals surface area (Å²) in [6.07, 6.45) is 3.49. The van der Waals surface area contributed by atoms with Gasteiger partial charge in [0.25, 0.3) is 0 Å². The Kier molecular flexibility index (Phi) is 2.67. The summed E-state index contributed by atoms with van der Waals surface area (Å²) in [4.78, 5) is 8.56. The van der Waals surface area contributed by atoms with Crippen molar-refractivity contribution in [3.8, 4) is 0 Å². The smallest absolute Gasteiger partial charge is 0.212 e. The highest BCUT2D eigenvalue weighted by atomic mass is 16.5. The molecule has 0 radical (unpaired) electrons. The summed E-state index contributed by atoms with van der Waals surface area (Å²) in [5.41, 5.74) is 1.87. The van der Waals surface area contributed by atoms with Crippen molar-refractivity contribution in [2.45, 2.75) is 6.54 Å². The molecule has 0 N–H and O–H groups in total. The van der Waals surface area contributed by atoms with E-state index in [2.05, 4.69) is 9.98 Å². The molecule has 0 spiro atoms. The highest BCUT2D eigenvalue weighted by molar-refractivity contribution is 5.94. The summed E-state index contributed by atoms with van der Waals surface area (Å²) >= 11 is 0. The number of aliphatic imine (C=N–C) groups is 1. The van der Waals surface area contributed by atoms with E-state index in [0.29, 0.717) is 18.2 Å². The van der Waals surface area contributed by atoms with E-state index in [4.69, 9.17) is 9.47 Å². The van der Waals surface area contributed by atoms with Crippen LogP contribution in [0.2, 0.25) is 0 Å². The van der Waals surface area contributed by atoms with Gasteiger partial charge in [0, 0.05) is 17.8 Å². The fourth-order valence-corrected chi connectivity index (χ4v) is 1.46. The Hall–Kier alpha value is -1.84. The highest BCUT2D eigenvalue weighted by Gasteiger charge is 2.14. The van der Waals surface area contributed by atoms with E-state index in [0.717, 1.165) is 11.3 Å². The van der Waals surface area contributed by atoms with Crippen molar-refractivity contribution >= 4 is 11.7 Å². The zero-order valence-corrected chi connectivity index (χ0v) is 8.73. The van der Waals surface area contributed by atoms with Gasteiger partial charge in [-0.1, -0.05) is 6.07 Å². The third-order valence-corrected chi connectivity index (χ3v) is 2.21. The topological polar surface area (TPSA) is 43.7 Å². The van der Waals surface area contributed by atoms with Gasteiger partial charge in [-0.3, -0.25) is 4.98 Å². The number of rotatable bonds is 1. The quantitative estimate of drug-likeness (QED) is 0.698. The first-order valence-corrected chi connectivity index (χ1v) is 4.63. The number of hydrogen-bond acceptors (Lipinski definition) is 4. The molecule has 0 saturated heterocycles. The first-order chi connectivity index (χ1) is 7.35. The van der Waals surface area contributed by atoms with Gasteiger partial charge in [0.05, 0.1) is 20.8 Å². The molecule has 0 bridgehead atoms. The van der Waals surface area contributed by atoms with Gasteiger partial charge in [-0.15, -0.1) is 0 Å². The van der Waals surface area contributed by atoms with Crippen LogP contribution in [-0.2, 0) is 16.0 Å². The number of pyridine rings is 1. The molecule has 78 valence electrons. The molecular formula is C11H12N2O2. The summed E-state index contributed by atoms with van der Waals surface area (Å²) in [6.45, 7) is 0.565. The summed E-state index contributed by atoms with van der Waals surface area (Å²) in [7, 11) is 3.20. The van der Waals surface area contributed by atoms with Crippen LogP contribution >= 0.6 is 0 Å². The normalized spacial score (nSPS) is 14.5. The second-order valence-corrected chi connectivity index (χ2v) is 3.08. The second kappa shape index (κ2) is 4.13. The molecule has 1 aromatic heterocycles. The van der Waals surface area contributed by atoms with E-state index in [1.165, 1.54) is 0 Å². The Morgan fingerprint density at radius 1 is 1.27 bits per heavy atom. The van der Waals surface area contributed by atoms with E-state index < -0.39 is 0 Å². The lowest BCUT2D eigenvalue weighted by molar-refractivity contribution is 0.365. The maximum atomic E-state index is 5.27. The molecule has 2 rings (SSSR count). The van der Waals surface area contributed by atoms with Gasteiger partial charge < -0.3 is 9.47 Å². The van der Waals surface area contributed by atoms with E-state index >= 15 is 0 Å². The van der Waals surface area contributed by atoms with Crippen molar-refractivity contribution < 1.29 is 9.47 Å². The summed E-state index contributed by atoms with van der Waals surface area (Å²) in [5.74, 6) is 1.24. The first kappa shape index (κ1) is 9.71. The molecule has 4 nitrogen and oxygen atoms in total. The lowest BCUT2D eigenvalue weighted by Crippen LogP contribution is -1.98. The molecule has 0 unspecified atom stereocenters. The van der Waals surface area contributed by atoms with Gasteiger partial charge in [-0.25, -0.2) is 4.99 Å². The monoisotopic (exact) mass is 204 g/mol. The predicted octanol–water partition coefficient (Wildman–Crippen LogP) is 1.63. The van der Waals surface area contributed by atoms with Crippen LogP contribution in [0.15, 0.2) is 29.4 Å². The molecule has 0 amide bonds. The number of methoxy groups -OCH3 is 2. The molecule has 2 heterocycles. The second-order valence-electron chi connectivity index (χ2n) is 3.08. The fraction of sp³-hybridized carbons (Fsp3) is 0.273. The molecule has 0 saturated carbocycles. The van der Waals surface area contributed by atoms with Gasteiger partial charge in [0.2, 0.25) is 5.90 Å². The van der Waals surface area contributed by atoms with Gasteiger partial charge in [-0.2, -0.15) is 0 Å². The van der Waals surface area contributed by atoms with Crippen LogP contribution < -0.4 is 0 Å². The van der Waals surface area contributed by atoms with Crippen molar-refractivity contribution in [2.75, 3.05) is 14.2 Å². The number of ether oxygens (including phenoxy) is 2. The number of fused-ring (bicyclic) bond motifs is 1. The van der Waals surface area contributed by atoms with Crippen LogP contribution in [0, 0.1) is 0 Å². The van der Waals surface area contributed by atoms with E-state index in [-0.39, 0.29) is 0 Å². The van der Waals surface area contributed by atoms with Crippen LogP contribution in [0.3, 0.4) is 0 Å². The van der Waals surface area contributed by atoms with Gasteiger partial charge in [-0.05, 0) is 6.07 Å². The van der Waals surface area contributed by atoms with Gasteiger partial charge in [0.15, 0.2) is 0 Å². The first-order valence-electron chi connectivity index (χ1n) is 4.63. The minimum absolute atomic E-state index is 0.560. The van der Waals surface area contributed by atoms with Crippen molar-refractivity contribution in [1.29, 1.82) is 0 Å². The van der Waals surface area contributed by atoms with Crippen molar-refractivity contribution in [2.24, 2.45) is 4.99 Å². The van der Waals surface area contributed by atoms with Crippen molar-refractivity contribution in [3.63, 3.8) is 0 Å². The minimum atomic E-state index is 0.560. The molecule has 0 atom stereocenters. The molecule has 0 fully saturated rings. The van der Waals surface area contributed by atoms with Crippen LogP contribution in [-0.4, -0.2) is 25.1 Å². The highest BCUT2D eigenvalue weighted by Crippen LogP contribution is 2.21. The Bertz CT molecular complexity index is 424. The standard InChI is InChI=1S/C11H12N2O2/c1-14-9-6-10(15-2)13-7-8-4-3-5-12-11(8)9/h3-6H,7H2,1-2H3. The molecule has 4 heteroatoms. The average molecular weight is 204 g/mol. The Morgan fingerprint density at radius 2 is 2.13 bits per heavy atom. The largest absolute Gasteiger partial charge is 0.494 e. The van der Waals surface area contributed by atoms with Gasteiger partial charge in [0.1, 0.15) is 11.5 Å². The third kappa shape index (κ3) is 1.83. The third-order valence-electron chi connectivity index (χ3n) is 2.21. The van der Waals surface area contributed by atoms with Crippen LogP contribution in [0.25, 0.3) is 5.76 Å². The van der Waals surface area contributed by atoms with E-state index in [1.54, 1.807) is 26.5 Å². The molecular weight excluding hydrogens is 192 g/mol. The van der Waals surface area contributed by atoms with E-state index in [1.807, 2.05) is 12.1 Å². The average Bonchev–Trinajstić information content (AvgIpc) is 2.48. The zero-order valence-electron chi connectivity index (χ0n) is 8.73. The van der Waals surface area contributed by atoms with Gasteiger partial charge >= 0.3 is 0 Å². The Labute approximate surface area is 88.3 Å². The number of aromatic nitrogens is 1. The minimum Gasteiger partial charge on any atom is -0.494 e. The molecule has 0 aromatic carbocycles. The Balaban J connectivity index is 2.50. The molecule has 1 aliphatic rings. The fourth-order valence-electron chi connectivity index (χ4n) is 1.46. The Morgan fingerprint density at radius 3 is 2.87 bits per heavy atom. The van der Waals surface area contributed by atoms with Crippen molar-refractivity contribution in [1.82, 2.24) is 4.98 Å². The van der Waals surface area contributed by atoms with Crippen LogP contribution in [0.5, 0.6) is 0 Å². The molecule has 1 aliphatic heterocycles. The maximum absolute atomic E-state index is 5.27. The number of nitrogens with zero attached hydrogens (tertiary/aromatic N) is 2. The zero-order chi connectivity index (χ0) is 10.7. The van der Waals surface area contributed by atoms with E-state index in [9.17, 15) is 0 Å². The van der Waals surface area contributed by atoms with Crippen LogP contribution in [0.4, 0.5) is 0 Å². The lowest BCUT2D eigenvalue weighted by Gasteiger charge is -2.06. The lowest BCUT2D eigenvalue weighted by atomic mass is 10.1. The van der Waals surface area contributed by atoms with Crippen molar-refractivity contribution in [3.05, 3.63) is 35.7 Å². The summed E-state index contributed by atoms with van der Waals surface area (Å²) < 4.78 is 10.4. The maximum Gasteiger partial charge on any atom is 0.212 e. The predicted molar refractivity (Wildman–Crippen MR) is 57.4 cm³/mol. The molecule has 0 aliphatic carbocycles. The molecule has 15 heavy (non-hydrogen) atoms. The number of hydrogen-bond donors (Lipinski definition) is 0. The summed E-state index contributed by atoms with van der Waals surface area (Å²) in [6, 6.07) is 3.87. The summed E-state index contributed by atoms with van der Waals surface area (Å²) in [5, 5.41) is 0. The molecule has 1 aromatic rings. The van der Waals surface area contributed by atoms with Crippen LogP contribution in [0.1, 0.15) is 11.3 Å². The SMILES string of the molecule is COC1=CC(OC)=NCc2cccnc21.